The third kappa shape index (κ3) is 3.46. The van der Waals surface area contributed by atoms with E-state index >= 15 is 0 Å². The van der Waals surface area contributed by atoms with Gasteiger partial charge in [0, 0.05) is 23.7 Å². The lowest BCUT2D eigenvalue weighted by Crippen LogP contribution is -2.26. The summed E-state index contributed by atoms with van der Waals surface area (Å²) in [5, 5.41) is 8.05. The summed E-state index contributed by atoms with van der Waals surface area (Å²) in [6, 6.07) is 17.5. The summed E-state index contributed by atoms with van der Waals surface area (Å²) in [7, 11) is 0. The fourth-order valence-electron chi connectivity index (χ4n) is 3.01. The Labute approximate surface area is 131 Å². The molecule has 0 spiro atoms. The second kappa shape index (κ2) is 6.61. The van der Waals surface area contributed by atoms with Gasteiger partial charge >= 0.3 is 0 Å². The molecule has 0 fully saturated rings. The summed E-state index contributed by atoms with van der Waals surface area (Å²) in [6.07, 6.45) is 1.10. The van der Waals surface area contributed by atoms with E-state index in [1.54, 1.807) is 0 Å². The van der Waals surface area contributed by atoms with Crippen LogP contribution in [0.3, 0.4) is 0 Å². The smallest absolute Gasteiger partial charge is 0.0409 e. The maximum atomic E-state index is 6.10. The molecule has 1 aliphatic rings. The van der Waals surface area contributed by atoms with Crippen LogP contribution in [-0.2, 0) is 6.54 Å². The Morgan fingerprint density at radius 3 is 2.90 bits per heavy atom. The highest BCUT2D eigenvalue weighted by atomic mass is 35.5. The van der Waals surface area contributed by atoms with Gasteiger partial charge in [0.1, 0.15) is 0 Å². The normalized spacial score (nSPS) is 19.6. The van der Waals surface area contributed by atoms with E-state index < -0.39 is 0 Å². The first-order valence-corrected chi connectivity index (χ1v) is 7.92. The molecule has 2 N–H and O–H groups in total. The quantitative estimate of drug-likeness (QED) is 0.886. The molecule has 0 saturated carbocycles. The molecule has 0 aromatic heterocycles. The van der Waals surface area contributed by atoms with Gasteiger partial charge in [0.2, 0.25) is 0 Å². The molecular formula is C18H21ClN2. The monoisotopic (exact) mass is 300 g/mol. The molecule has 0 bridgehead atoms. The van der Waals surface area contributed by atoms with Crippen LogP contribution < -0.4 is 10.6 Å². The number of fused-ring (bicyclic) bond motifs is 1. The van der Waals surface area contributed by atoms with E-state index in [1.807, 2.05) is 18.2 Å². The highest BCUT2D eigenvalue weighted by molar-refractivity contribution is 6.30. The second-order valence-electron chi connectivity index (χ2n) is 5.66. The number of hydrogen-bond acceptors (Lipinski definition) is 2. The van der Waals surface area contributed by atoms with Gasteiger partial charge in [0.05, 0.1) is 0 Å². The highest BCUT2D eigenvalue weighted by Crippen LogP contribution is 2.27. The Hall–Kier alpha value is -1.35. The Kier molecular flexibility index (Phi) is 4.59. The molecule has 1 aliphatic heterocycles. The molecule has 0 radical (unpaired) electrons. The first kappa shape index (κ1) is 14.6. The zero-order valence-corrected chi connectivity index (χ0v) is 13.0. The van der Waals surface area contributed by atoms with E-state index in [1.165, 1.54) is 16.7 Å². The van der Waals surface area contributed by atoms with Gasteiger partial charge in [0.25, 0.3) is 0 Å². The summed E-state index contributed by atoms with van der Waals surface area (Å²) in [6.45, 7) is 4.20. The van der Waals surface area contributed by atoms with Gasteiger partial charge in [-0.25, -0.2) is 0 Å². The number of nitrogens with one attached hydrogen (secondary N) is 2. The zero-order chi connectivity index (χ0) is 14.7. The summed E-state index contributed by atoms with van der Waals surface area (Å²) in [5.41, 5.74) is 4.04. The molecule has 110 valence electrons. The van der Waals surface area contributed by atoms with Crippen LogP contribution >= 0.6 is 11.6 Å². The van der Waals surface area contributed by atoms with Gasteiger partial charge < -0.3 is 10.6 Å². The SMILES string of the molecule is CC(NC1CCNCc2ccccc21)c1cccc(Cl)c1. The van der Waals surface area contributed by atoms with E-state index in [-0.39, 0.29) is 6.04 Å². The largest absolute Gasteiger partial charge is 0.313 e. The standard InChI is InChI=1S/C18H21ClN2/c1-13(14-6-4-7-16(19)11-14)21-18-9-10-20-12-15-5-2-3-8-17(15)18/h2-8,11,13,18,20-21H,9-10,12H2,1H3. The van der Waals surface area contributed by atoms with Crippen LogP contribution in [0.2, 0.25) is 5.02 Å². The van der Waals surface area contributed by atoms with Crippen molar-refractivity contribution in [2.75, 3.05) is 6.54 Å². The fourth-order valence-corrected chi connectivity index (χ4v) is 3.21. The Balaban J connectivity index is 1.81. The first-order valence-electron chi connectivity index (χ1n) is 7.54. The molecule has 2 nitrogen and oxygen atoms in total. The minimum atomic E-state index is 0.278. The van der Waals surface area contributed by atoms with Crippen molar-refractivity contribution in [3.05, 3.63) is 70.2 Å². The molecule has 1 heterocycles. The fraction of sp³-hybridized carbons (Fsp3) is 0.333. The van der Waals surface area contributed by atoms with Crippen LogP contribution in [0.25, 0.3) is 0 Å². The molecule has 2 atom stereocenters. The summed E-state index contributed by atoms with van der Waals surface area (Å²) in [5.74, 6) is 0. The van der Waals surface area contributed by atoms with Crippen LogP contribution in [0.1, 0.15) is 42.1 Å². The van der Waals surface area contributed by atoms with Crippen LogP contribution in [0.4, 0.5) is 0 Å². The molecular weight excluding hydrogens is 280 g/mol. The van der Waals surface area contributed by atoms with Crippen molar-refractivity contribution < 1.29 is 0 Å². The Morgan fingerprint density at radius 2 is 2.05 bits per heavy atom. The van der Waals surface area contributed by atoms with Crippen molar-refractivity contribution in [2.24, 2.45) is 0 Å². The lowest BCUT2D eigenvalue weighted by molar-refractivity contribution is 0.443. The zero-order valence-electron chi connectivity index (χ0n) is 12.3. The lowest BCUT2D eigenvalue weighted by Gasteiger charge is -2.24. The van der Waals surface area contributed by atoms with Crippen molar-refractivity contribution in [1.29, 1.82) is 0 Å². The molecule has 3 rings (SSSR count). The van der Waals surface area contributed by atoms with E-state index in [4.69, 9.17) is 11.6 Å². The average molecular weight is 301 g/mol. The lowest BCUT2D eigenvalue weighted by atomic mass is 9.97. The minimum Gasteiger partial charge on any atom is -0.313 e. The molecule has 21 heavy (non-hydrogen) atoms. The second-order valence-corrected chi connectivity index (χ2v) is 6.10. The molecule has 0 saturated heterocycles. The average Bonchev–Trinajstić information content (AvgIpc) is 2.70. The number of benzene rings is 2. The van der Waals surface area contributed by atoms with Crippen molar-refractivity contribution in [1.82, 2.24) is 10.6 Å². The Morgan fingerprint density at radius 1 is 1.19 bits per heavy atom. The first-order chi connectivity index (χ1) is 10.2. The topological polar surface area (TPSA) is 24.1 Å². The van der Waals surface area contributed by atoms with Crippen LogP contribution in [0.5, 0.6) is 0 Å². The molecule has 2 aromatic carbocycles. The number of rotatable bonds is 3. The molecule has 2 unspecified atom stereocenters. The predicted octanol–water partition coefficient (Wildman–Crippen LogP) is 4.23. The van der Waals surface area contributed by atoms with Crippen molar-refractivity contribution in [3.8, 4) is 0 Å². The summed E-state index contributed by atoms with van der Waals surface area (Å²) >= 11 is 6.10. The van der Waals surface area contributed by atoms with Crippen molar-refractivity contribution in [2.45, 2.75) is 32.0 Å². The van der Waals surface area contributed by atoms with Crippen LogP contribution in [0, 0.1) is 0 Å². The summed E-state index contributed by atoms with van der Waals surface area (Å²) < 4.78 is 0. The third-order valence-corrected chi connectivity index (χ3v) is 4.39. The molecule has 0 amide bonds. The minimum absolute atomic E-state index is 0.278. The van der Waals surface area contributed by atoms with Crippen LogP contribution in [0.15, 0.2) is 48.5 Å². The highest BCUT2D eigenvalue weighted by Gasteiger charge is 2.20. The van der Waals surface area contributed by atoms with Gasteiger partial charge in [-0.2, -0.15) is 0 Å². The van der Waals surface area contributed by atoms with E-state index in [2.05, 4.69) is 47.9 Å². The number of hydrogen-bond donors (Lipinski definition) is 2. The van der Waals surface area contributed by atoms with Crippen molar-refractivity contribution >= 4 is 11.6 Å². The van der Waals surface area contributed by atoms with Crippen molar-refractivity contribution in [3.63, 3.8) is 0 Å². The van der Waals surface area contributed by atoms with Gasteiger partial charge in [-0.15, -0.1) is 0 Å². The van der Waals surface area contributed by atoms with E-state index in [9.17, 15) is 0 Å². The number of halogens is 1. The Bertz CT molecular complexity index is 612. The van der Waals surface area contributed by atoms with Gasteiger partial charge in [0.15, 0.2) is 0 Å². The van der Waals surface area contributed by atoms with Gasteiger partial charge in [-0.1, -0.05) is 48.0 Å². The molecule has 2 aromatic rings. The summed E-state index contributed by atoms with van der Waals surface area (Å²) in [4.78, 5) is 0. The predicted molar refractivity (Wildman–Crippen MR) is 88.5 cm³/mol. The van der Waals surface area contributed by atoms with Gasteiger partial charge in [-0.3, -0.25) is 0 Å². The third-order valence-electron chi connectivity index (χ3n) is 4.16. The van der Waals surface area contributed by atoms with Gasteiger partial charge in [-0.05, 0) is 48.7 Å². The van der Waals surface area contributed by atoms with E-state index in [0.717, 1.165) is 24.5 Å². The van der Waals surface area contributed by atoms with E-state index in [0.29, 0.717) is 6.04 Å². The maximum Gasteiger partial charge on any atom is 0.0409 e. The molecule has 3 heteroatoms. The maximum absolute atomic E-state index is 6.10. The van der Waals surface area contributed by atoms with Crippen LogP contribution in [-0.4, -0.2) is 6.54 Å². The molecule has 0 aliphatic carbocycles.